The summed E-state index contributed by atoms with van der Waals surface area (Å²) in [5.41, 5.74) is 8.63. The summed E-state index contributed by atoms with van der Waals surface area (Å²) >= 11 is 0. The number of carbonyl (C=O) groups excluding carboxylic acids is 1. The van der Waals surface area contributed by atoms with Crippen molar-refractivity contribution < 1.29 is 9.53 Å². The molecule has 0 aliphatic heterocycles. The van der Waals surface area contributed by atoms with E-state index in [2.05, 4.69) is 54.1 Å². The number of rotatable bonds is 6. The summed E-state index contributed by atoms with van der Waals surface area (Å²) in [5, 5.41) is 4.14. The topological polar surface area (TPSA) is 55.6 Å². The number of hydrogen-bond donors (Lipinski definition) is 1. The molecule has 1 amide bonds. The van der Waals surface area contributed by atoms with Crippen molar-refractivity contribution >= 4 is 12.1 Å². The quantitative estimate of drug-likeness (QED) is 0.507. The summed E-state index contributed by atoms with van der Waals surface area (Å²) in [7, 11) is 0. The molecule has 0 spiro atoms. The molecular weight excluding hydrogens is 350 g/mol. The highest BCUT2D eigenvalue weighted by molar-refractivity contribution is 5.95. The molecule has 28 heavy (non-hydrogen) atoms. The molecule has 0 saturated carbocycles. The van der Waals surface area contributed by atoms with Crippen LogP contribution in [0.5, 0.6) is 5.75 Å². The molecule has 0 unspecified atom stereocenters. The number of nitrogens with zero attached hydrogens (tertiary/aromatic N) is 2. The predicted molar refractivity (Wildman–Crippen MR) is 113 cm³/mol. The smallest absolute Gasteiger partial charge is 0.271 e. The van der Waals surface area contributed by atoms with Crippen LogP contribution in [0.3, 0.4) is 0 Å². The fourth-order valence-electron chi connectivity index (χ4n) is 3.20. The molecule has 0 aliphatic rings. The van der Waals surface area contributed by atoms with Crippen molar-refractivity contribution in [3.8, 4) is 11.4 Å². The normalized spacial score (nSPS) is 11.0. The van der Waals surface area contributed by atoms with E-state index in [1.807, 2.05) is 19.1 Å². The number of amides is 1. The van der Waals surface area contributed by atoms with Gasteiger partial charge in [0, 0.05) is 28.2 Å². The number of ether oxygens (including phenoxy) is 1. The van der Waals surface area contributed by atoms with E-state index in [-0.39, 0.29) is 5.91 Å². The summed E-state index contributed by atoms with van der Waals surface area (Å²) in [4.78, 5) is 12.3. The van der Waals surface area contributed by atoms with Gasteiger partial charge in [-0.15, -0.1) is 0 Å². The van der Waals surface area contributed by atoms with Crippen molar-refractivity contribution in [2.45, 2.75) is 27.7 Å². The number of nitrogens with one attached hydrogen (secondary N) is 1. The van der Waals surface area contributed by atoms with Crippen molar-refractivity contribution in [3.05, 3.63) is 82.7 Å². The molecule has 144 valence electrons. The maximum Gasteiger partial charge on any atom is 0.271 e. The highest BCUT2D eigenvalue weighted by Crippen LogP contribution is 2.22. The Morgan fingerprint density at radius 2 is 1.82 bits per heavy atom. The summed E-state index contributed by atoms with van der Waals surface area (Å²) in [6, 6.07) is 17.3. The molecule has 0 radical (unpaired) electrons. The third-order valence-corrected chi connectivity index (χ3v) is 4.62. The Labute approximate surface area is 165 Å². The SMILES string of the molecule is CCOc1ccc(C(=O)N/N=C\c2cc(C)n(-c3ccccc3C)c2C)cc1. The van der Waals surface area contributed by atoms with Gasteiger partial charge in [-0.2, -0.15) is 5.10 Å². The van der Waals surface area contributed by atoms with Crippen molar-refractivity contribution in [2.75, 3.05) is 6.61 Å². The van der Waals surface area contributed by atoms with Gasteiger partial charge in [0.15, 0.2) is 0 Å². The Kier molecular flexibility index (Phi) is 5.94. The number of aromatic nitrogens is 1. The maximum atomic E-state index is 12.3. The van der Waals surface area contributed by atoms with E-state index in [1.165, 1.54) is 5.56 Å². The maximum absolute atomic E-state index is 12.3. The van der Waals surface area contributed by atoms with Crippen LogP contribution in [0.25, 0.3) is 5.69 Å². The van der Waals surface area contributed by atoms with Crippen molar-refractivity contribution in [2.24, 2.45) is 5.10 Å². The van der Waals surface area contributed by atoms with E-state index in [0.717, 1.165) is 28.4 Å². The average Bonchev–Trinajstić information content (AvgIpc) is 2.96. The first kappa shape index (κ1) is 19.4. The minimum absolute atomic E-state index is 0.257. The van der Waals surface area contributed by atoms with E-state index in [9.17, 15) is 4.79 Å². The van der Waals surface area contributed by atoms with E-state index < -0.39 is 0 Å². The first-order valence-corrected chi connectivity index (χ1v) is 9.32. The lowest BCUT2D eigenvalue weighted by Crippen LogP contribution is -2.17. The third-order valence-electron chi connectivity index (χ3n) is 4.62. The van der Waals surface area contributed by atoms with E-state index in [1.54, 1.807) is 30.5 Å². The fraction of sp³-hybridized carbons (Fsp3) is 0.217. The van der Waals surface area contributed by atoms with Crippen LogP contribution in [-0.4, -0.2) is 23.3 Å². The van der Waals surface area contributed by atoms with Gasteiger partial charge in [0.05, 0.1) is 12.8 Å². The van der Waals surface area contributed by atoms with E-state index >= 15 is 0 Å². The predicted octanol–water partition coefficient (Wildman–Crippen LogP) is 4.57. The molecule has 5 heteroatoms. The second-order valence-corrected chi connectivity index (χ2v) is 6.60. The second-order valence-electron chi connectivity index (χ2n) is 6.60. The van der Waals surface area contributed by atoms with Crippen LogP contribution in [0.1, 0.15) is 39.8 Å². The fourth-order valence-corrected chi connectivity index (χ4v) is 3.20. The lowest BCUT2D eigenvalue weighted by atomic mass is 10.2. The van der Waals surface area contributed by atoms with Gasteiger partial charge < -0.3 is 9.30 Å². The second kappa shape index (κ2) is 8.57. The third kappa shape index (κ3) is 4.14. The van der Waals surface area contributed by atoms with Crippen LogP contribution in [0.15, 0.2) is 59.7 Å². The molecule has 0 aliphatic carbocycles. The number of hydrogen-bond acceptors (Lipinski definition) is 3. The van der Waals surface area contributed by atoms with Gasteiger partial charge in [-0.3, -0.25) is 4.79 Å². The van der Waals surface area contributed by atoms with Crippen molar-refractivity contribution in [3.63, 3.8) is 0 Å². The molecule has 1 N–H and O–H groups in total. The van der Waals surface area contributed by atoms with E-state index in [0.29, 0.717) is 12.2 Å². The van der Waals surface area contributed by atoms with Gasteiger partial charge in [0.1, 0.15) is 5.75 Å². The van der Waals surface area contributed by atoms with Crippen LogP contribution in [0.4, 0.5) is 0 Å². The summed E-state index contributed by atoms with van der Waals surface area (Å²) in [6.07, 6.45) is 1.68. The zero-order chi connectivity index (χ0) is 20.1. The minimum atomic E-state index is -0.257. The monoisotopic (exact) mass is 375 g/mol. The number of aryl methyl sites for hydroxylation is 2. The zero-order valence-corrected chi connectivity index (χ0v) is 16.7. The largest absolute Gasteiger partial charge is 0.494 e. The first-order chi connectivity index (χ1) is 13.5. The number of hydrazone groups is 1. The highest BCUT2D eigenvalue weighted by Gasteiger charge is 2.11. The summed E-state index contributed by atoms with van der Waals surface area (Å²) in [6.45, 7) is 8.73. The van der Waals surface area contributed by atoms with Crippen LogP contribution < -0.4 is 10.2 Å². The Bertz CT molecular complexity index is 1000. The van der Waals surface area contributed by atoms with Crippen LogP contribution >= 0.6 is 0 Å². The van der Waals surface area contributed by atoms with Gasteiger partial charge in [-0.1, -0.05) is 18.2 Å². The summed E-state index contributed by atoms with van der Waals surface area (Å²) in [5.74, 6) is 0.484. The average molecular weight is 375 g/mol. The van der Waals surface area contributed by atoms with Gasteiger partial charge in [0.2, 0.25) is 0 Å². The number of benzene rings is 2. The van der Waals surface area contributed by atoms with Crippen molar-refractivity contribution in [1.82, 2.24) is 9.99 Å². The standard InChI is InChI=1S/C23H25N3O2/c1-5-28-21-12-10-19(11-13-21)23(27)25-24-15-20-14-17(3)26(18(20)4)22-9-7-6-8-16(22)2/h6-15H,5H2,1-4H3,(H,25,27)/b24-15-. The molecule has 1 aromatic heterocycles. The van der Waals surface area contributed by atoms with Gasteiger partial charge in [-0.25, -0.2) is 5.43 Å². The van der Waals surface area contributed by atoms with Gasteiger partial charge >= 0.3 is 0 Å². The summed E-state index contributed by atoms with van der Waals surface area (Å²) < 4.78 is 7.59. The Morgan fingerprint density at radius 3 is 2.50 bits per heavy atom. The Morgan fingerprint density at radius 1 is 1.11 bits per heavy atom. The molecule has 0 atom stereocenters. The number of para-hydroxylation sites is 1. The van der Waals surface area contributed by atoms with Crippen LogP contribution in [0, 0.1) is 20.8 Å². The molecule has 0 fully saturated rings. The Hall–Kier alpha value is -3.34. The molecule has 3 aromatic rings. The molecule has 2 aromatic carbocycles. The molecule has 5 nitrogen and oxygen atoms in total. The molecule has 0 bridgehead atoms. The van der Waals surface area contributed by atoms with Crippen molar-refractivity contribution in [1.29, 1.82) is 0 Å². The van der Waals surface area contributed by atoms with Crippen LogP contribution in [0.2, 0.25) is 0 Å². The minimum Gasteiger partial charge on any atom is -0.494 e. The van der Waals surface area contributed by atoms with Gasteiger partial charge in [-0.05, 0) is 69.7 Å². The molecule has 3 rings (SSSR count). The lowest BCUT2D eigenvalue weighted by molar-refractivity contribution is 0.0955. The molecule has 0 saturated heterocycles. The highest BCUT2D eigenvalue weighted by atomic mass is 16.5. The van der Waals surface area contributed by atoms with Gasteiger partial charge in [0.25, 0.3) is 5.91 Å². The zero-order valence-electron chi connectivity index (χ0n) is 16.7. The van der Waals surface area contributed by atoms with E-state index in [4.69, 9.17) is 4.74 Å². The van der Waals surface area contributed by atoms with Crippen LogP contribution in [-0.2, 0) is 0 Å². The molecular formula is C23H25N3O2. The Balaban J connectivity index is 1.74. The first-order valence-electron chi connectivity index (χ1n) is 9.32. The molecule has 1 heterocycles. The number of carbonyl (C=O) groups is 1. The lowest BCUT2D eigenvalue weighted by Gasteiger charge is -2.12.